The van der Waals surface area contributed by atoms with E-state index in [2.05, 4.69) is 37.0 Å². The Bertz CT molecular complexity index is 482. The van der Waals surface area contributed by atoms with Gasteiger partial charge in [-0.2, -0.15) is 0 Å². The van der Waals surface area contributed by atoms with E-state index < -0.39 is 0 Å². The molecule has 0 fully saturated rings. The summed E-state index contributed by atoms with van der Waals surface area (Å²) in [5, 5.41) is 0. The van der Waals surface area contributed by atoms with Gasteiger partial charge in [-0.3, -0.25) is 0 Å². The summed E-state index contributed by atoms with van der Waals surface area (Å²) in [6.45, 7) is 6.21. The Morgan fingerprint density at radius 1 is 1.12 bits per heavy atom. The first kappa shape index (κ1) is 11.3. The van der Waals surface area contributed by atoms with Gasteiger partial charge >= 0.3 is 0 Å². The van der Waals surface area contributed by atoms with E-state index in [1.54, 1.807) is 11.3 Å². The van der Waals surface area contributed by atoms with Gasteiger partial charge in [-0.05, 0) is 26.3 Å². The van der Waals surface area contributed by atoms with E-state index in [1.807, 2.05) is 12.4 Å². The quantitative estimate of drug-likeness (QED) is 0.864. The minimum absolute atomic E-state index is 0.0499. The first-order chi connectivity index (χ1) is 7.58. The monoisotopic (exact) mass is 232 g/mol. The zero-order chi connectivity index (χ0) is 11.7. The van der Waals surface area contributed by atoms with Crippen molar-refractivity contribution in [2.75, 3.05) is 0 Å². The van der Waals surface area contributed by atoms with Crippen LogP contribution in [-0.2, 0) is 0 Å². The Morgan fingerprint density at radius 3 is 2.25 bits per heavy atom. The smallest absolute Gasteiger partial charge is 0.0798 e. The largest absolute Gasteiger partial charge is 0.320 e. The summed E-state index contributed by atoms with van der Waals surface area (Å²) < 4.78 is 0. The molecule has 1 aromatic carbocycles. The fourth-order valence-electron chi connectivity index (χ4n) is 1.95. The van der Waals surface area contributed by atoms with Gasteiger partial charge in [0.1, 0.15) is 0 Å². The van der Waals surface area contributed by atoms with Gasteiger partial charge in [-0.25, -0.2) is 4.98 Å². The third-order valence-electron chi connectivity index (χ3n) is 2.67. The highest BCUT2D eigenvalue weighted by atomic mass is 32.1. The zero-order valence-corrected chi connectivity index (χ0v) is 10.6. The fraction of sp³-hybridized carbons (Fsp3) is 0.308. The third kappa shape index (κ3) is 2.15. The Kier molecular flexibility index (Phi) is 3.08. The Hall–Kier alpha value is -1.19. The van der Waals surface area contributed by atoms with Crippen molar-refractivity contribution in [2.45, 2.75) is 26.8 Å². The van der Waals surface area contributed by atoms with Crippen LogP contribution in [0.3, 0.4) is 0 Å². The second-order valence-electron chi connectivity index (χ2n) is 4.20. The van der Waals surface area contributed by atoms with E-state index >= 15 is 0 Å². The molecule has 2 aromatic rings. The normalized spacial score (nSPS) is 12.8. The first-order valence-corrected chi connectivity index (χ1v) is 6.19. The standard InChI is InChI=1S/C13H16N2S/c1-8-4-9(2)6-11(5-8)12(14)13-10(3)15-7-16-13/h4-7,12H,14H2,1-3H3. The average molecular weight is 232 g/mol. The van der Waals surface area contributed by atoms with Crippen molar-refractivity contribution >= 4 is 11.3 Å². The third-order valence-corrected chi connectivity index (χ3v) is 3.68. The van der Waals surface area contributed by atoms with Crippen LogP contribution < -0.4 is 5.73 Å². The van der Waals surface area contributed by atoms with Crippen molar-refractivity contribution in [1.29, 1.82) is 0 Å². The number of hydrogen-bond acceptors (Lipinski definition) is 3. The summed E-state index contributed by atoms with van der Waals surface area (Å²) in [7, 11) is 0. The molecule has 1 aromatic heterocycles. The molecule has 2 rings (SSSR count). The van der Waals surface area contributed by atoms with Gasteiger partial charge in [0, 0.05) is 4.88 Å². The van der Waals surface area contributed by atoms with Crippen LogP contribution in [0.4, 0.5) is 0 Å². The lowest BCUT2D eigenvalue weighted by atomic mass is 10.0. The molecule has 0 amide bonds. The van der Waals surface area contributed by atoms with E-state index in [0.29, 0.717) is 0 Å². The molecule has 2 N–H and O–H groups in total. The van der Waals surface area contributed by atoms with E-state index in [4.69, 9.17) is 5.73 Å². The van der Waals surface area contributed by atoms with E-state index in [1.165, 1.54) is 16.7 Å². The molecule has 1 unspecified atom stereocenters. The lowest BCUT2D eigenvalue weighted by molar-refractivity contribution is 0.873. The van der Waals surface area contributed by atoms with Crippen LogP contribution in [0.2, 0.25) is 0 Å². The van der Waals surface area contributed by atoms with Crippen molar-refractivity contribution in [1.82, 2.24) is 4.98 Å². The van der Waals surface area contributed by atoms with Crippen LogP contribution in [0.5, 0.6) is 0 Å². The SMILES string of the molecule is Cc1cc(C)cc(C(N)c2scnc2C)c1. The Balaban J connectivity index is 2.41. The molecule has 0 saturated carbocycles. The maximum Gasteiger partial charge on any atom is 0.0798 e. The van der Waals surface area contributed by atoms with Gasteiger partial charge in [0.2, 0.25) is 0 Å². The zero-order valence-electron chi connectivity index (χ0n) is 9.82. The first-order valence-electron chi connectivity index (χ1n) is 5.31. The molecule has 0 spiro atoms. The van der Waals surface area contributed by atoms with Gasteiger partial charge in [0.05, 0.1) is 17.2 Å². The van der Waals surface area contributed by atoms with Crippen LogP contribution in [0.25, 0.3) is 0 Å². The number of hydrogen-bond donors (Lipinski definition) is 1. The molecule has 1 atom stereocenters. The van der Waals surface area contributed by atoms with Crippen molar-refractivity contribution < 1.29 is 0 Å². The average Bonchev–Trinajstić information content (AvgIpc) is 2.62. The number of thiazole rings is 1. The molecule has 2 nitrogen and oxygen atoms in total. The van der Waals surface area contributed by atoms with Crippen LogP contribution in [0.1, 0.15) is 33.3 Å². The van der Waals surface area contributed by atoms with Gasteiger partial charge in [0.25, 0.3) is 0 Å². The summed E-state index contributed by atoms with van der Waals surface area (Å²) >= 11 is 1.63. The van der Waals surface area contributed by atoms with Gasteiger partial charge < -0.3 is 5.73 Å². The van der Waals surface area contributed by atoms with Gasteiger partial charge in [-0.1, -0.05) is 29.3 Å². The minimum Gasteiger partial charge on any atom is -0.320 e. The molecule has 1 heterocycles. The lowest BCUT2D eigenvalue weighted by Gasteiger charge is -2.12. The number of aryl methyl sites for hydroxylation is 3. The number of aromatic nitrogens is 1. The summed E-state index contributed by atoms with van der Waals surface area (Å²) in [6.07, 6.45) is 0. The van der Waals surface area contributed by atoms with Gasteiger partial charge in [-0.15, -0.1) is 11.3 Å². The maximum absolute atomic E-state index is 6.27. The number of nitrogens with two attached hydrogens (primary N) is 1. The molecule has 0 aliphatic carbocycles. The van der Waals surface area contributed by atoms with E-state index in [0.717, 1.165) is 10.6 Å². The molecule has 0 radical (unpaired) electrons. The number of rotatable bonds is 2. The summed E-state index contributed by atoms with van der Waals surface area (Å²) in [5.74, 6) is 0. The lowest BCUT2D eigenvalue weighted by Crippen LogP contribution is -2.12. The van der Waals surface area contributed by atoms with Crippen molar-refractivity contribution in [3.8, 4) is 0 Å². The van der Waals surface area contributed by atoms with Crippen LogP contribution in [-0.4, -0.2) is 4.98 Å². The molecular formula is C13H16N2S. The molecule has 0 aliphatic heterocycles. The van der Waals surface area contributed by atoms with Gasteiger partial charge in [0.15, 0.2) is 0 Å². The second-order valence-corrected chi connectivity index (χ2v) is 5.09. The van der Waals surface area contributed by atoms with Crippen LogP contribution in [0.15, 0.2) is 23.7 Å². The van der Waals surface area contributed by atoms with Crippen LogP contribution in [0, 0.1) is 20.8 Å². The topological polar surface area (TPSA) is 38.9 Å². The van der Waals surface area contributed by atoms with Crippen molar-refractivity contribution in [2.24, 2.45) is 5.73 Å². The summed E-state index contributed by atoms with van der Waals surface area (Å²) in [6, 6.07) is 6.41. The maximum atomic E-state index is 6.27. The minimum atomic E-state index is -0.0499. The van der Waals surface area contributed by atoms with Crippen LogP contribution >= 0.6 is 11.3 Å². The highest BCUT2D eigenvalue weighted by molar-refractivity contribution is 7.09. The number of benzene rings is 1. The van der Waals surface area contributed by atoms with E-state index in [9.17, 15) is 0 Å². The molecule has 0 bridgehead atoms. The highest BCUT2D eigenvalue weighted by Gasteiger charge is 2.14. The summed E-state index contributed by atoms with van der Waals surface area (Å²) in [5.41, 5.74) is 12.8. The second kappa shape index (κ2) is 4.36. The molecule has 3 heteroatoms. The van der Waals surface area contributed by atoms with Crippen molar-refractivity contribution in [3.63, 3.8) is 0 Å². The highest BCUT2D eigenvalue weighted by Crippen LogP contribution is 2.26. The summed E-state index contributed by atoms with van der Waals surface area (Å²) in [4.78, 5) is 5.40. The fourth-order valence-corrected chi connectivity index (χ4v) is 2.78. The molecule has 84 valence electrons. The Labute approximate surface area is 100 Å². The molecular weight excluding hydrogens is 216 g/mol. The Morgan fingerprint density at radius 2 is 1.75 bits per heavy atom. The predicted octanol–water partition coefficient (Wildman–Crippen LogP) is 3.12. The molecule has 0 aliphatic rings. The molecule has 0 saturated heterocycles. The molecule has 16 heavy (non-hydrogen) atoms. The predicted molar refractivity (Wildman–Crippen MR) is 68.8 cm³/mol. The van der Waals surface area contributed by atoms with E-state index in [-0.39, 0.29) is 6.04 Å². The van der Waals surface area contributed by atoms with Crippen molar-refractivity contribution in [3.05, 3.63) is 51.0 Å². The number of nitrogens with zero attached hydrogens (tertiary/aromatic N) is 1.